The zero-order valence-electron chi connectivity index (χ0n) is 37.3. The van der Waals surface area contributed by atoms with Crippen molar-refractivity contribution in [3.8, 4) is 0 Å². The van der Waals surface area contributed by atoms with Gasteiger partial charge in [-0.05, 0) is 70.6 Å². The molecule has 0 spiro atoms. The standard InChI is InChI=1S/C49H85NO7/c1-6-8-10-12-14-16-18-20-21-22-23-24-25-26-27-28-30-32-34-36-38-40-48(52)57-45(43-55-42-41-46(49(53)54)50(3,4)5)44-56-47(51)39-37-35-33-31-29-19-17-15-13-11-9-7-2/h8-11,14-17,20-21,45-46H,6-7,12-13,18-19,22-44H2,1-5H3/p+1/b10-8+,11-9+,16-14+,17-15+,21-20+. The lowest BCUT2D eigenvalue weighted by Gasteiger charge is -2.31. The molecule has 57 heavy (non-hydrogen) atoms. The third-order valence-corrected chi connectivity index (χ3v) is 9.91. The number of hydrogen-bond donors (Lipinski definition) is 1. The smallest absolute Gasteiger partial charge is 0.362 e. The summed E-state index contributed by atoms with van der Waals surface area (Å²) in [5.74, 6) is -1.49. The molecule has 0 saturated carbocycles. The molecule has 8 heteroatoms. The van der Waals surface area contributed by atoms with Crippen molar-refractivity contribution in [2.24, 2.45) is 0 Å². The highest BCUT2D eigenvalue weighted by Crippen LogP contribution is 2.15. The number of ether oxygens (including phenoxy) is 3. The van der Waals surface area contributed by atoms with Gasteiger partial charge in [0, 0.05) is 19.3 Å². The van der Waals surface area contributed by atoms with Gasteiger partial charge >= 0.3 is 17.9 Å². The minimum Gasteiger partial charge on any atom is -0.477 e. The Labute approximate surface area is 349 Å². The van der Waals surface area contributed by atoms with Gasteiger partial charge in [0.25, 0.3) is 0 Å². The molecular formula is C49H86NO7+. The molecule has 0 amide bonds. The van der Waals surface area contributed by atoms with E-state index in [1.165, 1.54) is 57.8 Å². The Balaban J connectivity index is 4.28. The number of rotatable bonds is 40. The van der Waals surface area contributed by atoms with Crippen LogP contribution < -0.4 is 0 Å². The van der Waals surface area contributed by atoms with Crippen LogP contribution in [0, 0.1) is 0 Å². The van der Waals surface area contributed by atoms with Crippen LogP contribution in [0.5, 0.6) is 0 Å². The lowest BCUT2D eigenvalue weighted by Crippen LogP contribution is -2.50. The Bertz CT molecular complexity index is 1120. The molecule has 0 bridgehead atoms. The van der Waals surface area contributed by atoms with E-state index in [2.05, 4.69) is 74.6 Å². The van der Waals surface area contributed by atoms with Crippen LogP contribution in [0.2, 0.25) is 0 Å². The van der Waals surface area contributed by atoms with Crippen molar-refractivity contribution < 1.29 is 38.2 Å². The number of carboxylic acid groups (broad SMARTS) is 1. The number of esters is 2. The van der Waals surface area contributed by atoms with Crippen LogP contribution in [-0.2, 0) is 28.6 Å². The third kappa shape index (κ3) is 38.3. The Morgan fingerprint density at radius 1 is 0.526 bits per heavy atom. The van der Waals surface area contributed by atoms with Crippen molar-refractivity contribution in [2.75, 3.05) is 41.0 Å². The maximum atomic E-state index is 12.7. The fourth-order valence-corrected chi connectivity index (χ4v) is 6.44. The first-order valence-electron chi connectivity index (χ1n) is 22.8. The van der Waals surface area contributed by atoms with Crippen molar-refractivity contribution >= 4 is 17.9 Å². The van der Waals surface area contributed by atoms with Crippen molar-refractivity contribution in [1.29, 1.82) is 0 Å². The van der Waals surface area contributed by atoms with Crippen LogP contribution in [0.4, 0.5) is 0 Å². The largest absolute Gasteiger partial charge is 0.477 e. The average Bonchev–Trinajstić information content (AvgIpc) is 3.17. The molecule has 0 aromatic heterocycles. The number of aliphatic carboxylic acids is 1. The Morgan fingerprint density at radius 3 is 1.37 bits per heavy atom. The first-order chi connectivity index (χ1) is 27.6. The van der Waals surface area contributed by atoms with Gasteiger partial charge in [0.1, 0.15) is 6.61 Å². The van der Waals surface area contributed by atoms with Gasteiger partial charge in [-0.25, -0.2) is 4.79 Å². The fraction of sp³-hybridized carbons (Fsp3) is 0.735. The second-order valence-electron chi connectivity index (χ2n) is 16.2. The molecular weight excluding hydrogens is 715 g/mol. The first kappa shape index (κ1) is 54.0. The zero-order chi connectivity index (χ0) is 42.1. The SMILES string of the molecule is CC/C=C/C/C=C/C/C=C/CCCCCCCCCCCCCC(=O)OC(COCCC(C(=O)O)[N+](C)(C)C)COC(=O)CCCCCCC/C=C/C/C=C/CC. The second kappa shape index (κ2) is 39.8. The van der Waals surface area contributed by atoms with Gasteiger partial charge in [0.05, 0.1) is 34.4 Å². The maximum absolute atomic E-state index is 12.7. The van der Waals surface area contributed by atoms with Crippen molar-refractivity contribution in [3.05, 3.63) is 60.8 Å². The molecule has 0 saturated heterocycles. The minimum absolute atomic E-state index is 0.0539. The Kier molecular flexibility index (Phi) is 37.8. The molecule has 0 aliphatic rings. The number of hydrogen-bond acceptors (Lipinski definition) is 6. The summed E-state index contributed by atoms with van der Waals surface area (Å²) in [4.78, 5) is 37.0. The molecule has 0 aromatic carbocycles. The van der Waals surface area contributed by atoms with E-state index in [-0.39, 0.29) is 36.2 Å². The number of carbonyl (C=O) groups is 3. The summed E-state index contributed by atoms with van der Waals surface area (Å²) in [6.07, 6.45) is 48.4. The van der Waals surface area contributed by atoms with Crippen molar-refractivity contribution in [3.63, 3.8) is 0 Å². The van der Waals surface area contributed by atoms with Gasteiger partial charge in [0.15, 0.2) is 12.1 Å². The molecule has 0 fully saturated rings. The van der Waals surface area contributed by atoms with E-state index in [0.29, 0.717) is 19.3 Å². The van der Waals surface area contributed by atoms with Gasteiger partial charge in [-0.3, -0.25) is 9.59 Å². The molecule has 2 unspecified atom stereocenters. The number of allylic oxidation sites excluding steroid dienone is 10. The Morgan fingerprint density at radius 2 is 0.930 bits per heavy atom. The summed E-state index contributed by atoms with van der Waals surface area (Å²) in [6.45, 7) is 4.50. The molecule has 8 nitrogen and oxygen atoms in total. The monoisotopic (exact) mass is 801 g/mol. The number of carboxylic acids is 1. The molecule has 328 valence electrons. The molecule has 0 aliphatic heterocycles. The predicted octanol–water partition coefficient (Wildman–Crippen LogP) is 12.6. The van der Waals surface area contributed by atoms with E-state index >= 15 is 0 Å². The van der Waals surface area contributed by atoms with E-state index in [4.69, 9.17) is 14.2 Å². The molecule has 0 aliphatic carbocycles. The van der Waals surface area contributed by atoms with Gasteiger partial charge < -0.3 is 23.8 Å². The number of unbranched alkanes of at least 4 members (excludes halogenated alkanes) is 16. The third-order valence-electron chi connectivity index (χ3n) is 9.91. The molecule has 0 radical (unpaired) electrons. The molecule has 0 heterocycles. The highest BCUT2D eigenvalue weighted by atomic mass is 16.6. The van der Waals surface area contributed by atoms with E-state index in [9.17, 15) is 19.5 Å². The molecule has 2 atom stereocenters. The van der Waals surface area contributed by atoms with Crippen LogP contribution in [-0.4, -0.2) is 80.6 Å². The van der Waals surface area contributed by atoms with Crippen LogP contribution in [0.25, 0.3) is 0 Å². The van der Waals surface area contributed by atoms with E-state index < -0.39 is 18.1 Å². The summed E-state index contributed by atoms with van der Waals surface area (Å²) >= 11 is 0. The normalized spacial score (nSPS) is 13.5. The lowest BCUT2D eigenvalue weighted by atomic mass is 10.0. The number of quaternary nitrogens is 1. The number of likely N-dealkylation sites (N-methyl/N-ethyl adjacent to an activating group) is 1. The van der Waals surface area contributed by atoms with Crippen LogP contribution in [0.3, 0.4) is 0 Å². The van der Waals surface area contributed by atoms with Crippen molar-refractivity contribution in [2.45, 2.75) is 193 Å². The summed E-state index contributed by atoms with van der Waals surface area (Å²) in [5.41, 5.74) is 0. The molecule has 0 aromatic rings. The lowest BCUT2D eigenvalue weighted by molar-refractivity contribution is -0.887. The van der Waals surface area contributed by atoms with Gasteiger partial charge in [-0.15, -0.1) is 0 Å². The highest BCUT2D eigenvalue weighted by Gasteiger charge is 2.31. The maximum Gasteiger partial charge on any atom is 0.362 e. The Hall–Kier alpha value is -2.97. The van der Waals surface area contributed by atoms with E-state index in [0.717, 1.165) is 89.9 Å². The molecule has 0 rings (SSSR count). The summed E-state index contributed by atoms with van der Waals surface area (Å²) in [6, 6.07) is -0.618. The minimum atomic E-state index is -0.879. The first-order valence-corrected chi connectivity index (χ1v) is 22.8. The summed E-state index contributed by atoms with van der Waals surface area (Å²) in [7, 11) is 5.52. The summed E-state index contributed by atoms with van der Waals surface area (Å²) in [5, 5.41) is 9.62. The second-order valence-corrected chi connectivity index (χ2v) is 16.2. The van der Waals surface area contributed by atoms with Gasteiger partial charge in [-0.2, -0.15) is 0 Å². The quantitative estimate of drug-likeness (QED) is 0.0285. The highest BCUT2D eigenvalue weighted by molar-refractivity contribution is 5.72. The summed E-state index contributed by atoms with van der Waals surface area (Å²) < 4.78 is 17.3. The zero-order valence-corrected chi connectivity index (χ0v) is 37.3. The number of carbonyl (C=O) groups excluding carboxylic acids is 2. The van der Waals surface area contributed by atoms with Crippen LogP contribution >= 0.6 is 0 Å². The molecule has 1 N–H and O–H groups in total. The van der Waals surface area contributed by atoms with E-state index in [1.54, 1.807) is 0 Å². The average molecular weight is 801 g/mol. The predicted molar refractivity (Wildman–Crippen MR) is 238 cm³/mol. The number of nitrogens with zero attached hydrogens (tertiary/aromatic N) is 1. The van der Waals surface area contributed by atoms with Crippen LogP contribution in [0.15, 0.2) is 60.8 Å². The van der Waals surface area contributed by atoms with Gasteiger partial charge in [-0.1, -0.05) is 152 Å². The van der Waals surface area contributed by atoms with E-state index in [1.807, 2.05) is 21.1 Å². The van der Waals surface area contributed by atoms with Crippen molar-refractivity contribution in [1.82, 2.24) is 0 Å². The van der Waals surface area contributed by atoms with Gasteiger partial charge in [0.2, 0.25) is 0 Å². The van der Waals surface area contributed by atoms with Crippen LogP contribution in [0.1, 0.15) is 181 Å². The topological polar surface area (TPSA) is 99.1 Å². The fourth-order valence-electron chi connectivity index (χ4n) is 6.44.